The Morgan fingerprint density at radius 1 is 1.26 bits per heavy atom. The van der Waals surface area contributed by atoms with Gasteiger partial charge in [-0.05, 0) is 37.3 Å². The molecule has 3 heterocycles. The second-order valence-corrected chi connectivity index (χ2v) is 5.86. The molecule has 1 aliphatic carbocycles. The van der Waals surface area contributed by atoms with Crippen LogP contribution in [0.15, 0.2) is 12.4 Å². The summed E-state index contributed by atoms with van der Waals surface area (Å²) in [6.45, 7) is 2.78. The second kappa shape index (κ2) is 5.49. The molecule has 23 heavy (non-hydrogen) atoms. The molecule has 0 saturated carbocycles. The highest BCUT2D eigenvalue weighted by Crippen LogP contribution is 2.31. The SMILES string of the molecule is Cc1c2c(nc3nc(NCCc4ncc[nH]4)nc(N)c13)CCC2. The molecule has 0 amide bonds. The molecular weight excluding hydrogens is 290 g/mol. The van der Waals surface area contributed by atoms with Gasteiger partial charge in [0.1, 0.15) is 11.6 Å². The molecule has 0 spiro atoms. The predicted octanol–water partition coefficient (Wildman–Crippen LogP) is 1.78. The van der Waals surface area contributed by atoms with Crippen molar-refractivity contribution in [2.75, 3.05) is 17.6 Å². The van der Waals surface area contributed by atoms with E-state index < -0.39 is 0 Å². The van der Waals surface area contributed by atoms with Gasteiger partial charge in [0, 0.05) is 31.1 Å². The summed E-state index contributed by atoms with van der Waals surface area (Å²) in [6, 6.07) is 0. The summed E-state index contributed by atoms with van der Waals surface area (Å²) in [4.78, 5) is 20.9. The molecule has 7 nitrogen and oxygen atoms in total. The number of fused-ring (bicyclic) bond motifs is 2. The Hall–Kier alpha value is -2.70. The number of aryl methyl sites for hydroxylation is 2. The largest absolute Gasteiger partial charge is 0.383 e. The molecule has 3 aromatic rings. The molecule has 0 unspecified atom stereocenters. The zero-order valence-corrected chi connectivity index (χ0v) is 13.1. The minimum atomic E-state index is 0.496. The monoisotopic (exact) mass is 309 g/mol. The first-order valence-corrected chi connectivity index (χ1v) is 7.90. The van der Waals surface area contributed by atoms with Crippen LogP contribution >= 0.6 is 0 Å². The third-order valence-electron chi connectivity index (χ3n) is 4.37. The van der Waals surface area contributed by atoms with Gasteiger partial charge in [0.05, 0.1) is 5.39 Å². The topological polar surface area (TPSA) is 105 Å². The number of aromatic nitrogens is 5. The van der Waals surface area contributed by atoms with Crippen molar-refractivity contribution in [2.24, 2.45) is 0 Å². The van der Waals surface area contributed by atoms with Gasteiger partial charge in [-0.15, -0.1) is 0 Å². The number of nitrogen functional groups attached to an aromatic ring is 1. The van der Waals surface area contributed by atoms with E-state index in [9.17, 15) is 0 Å². The molecule has 0 aromatic carbocycles. The molecule has 0 bridgehead atoms. The molecule has 0 radical (unpaired) electrons. The number of anilines is 2. The maximum atomic E-state index is 6.17. The van der Waals surface area contributed by atoms with Crippen molar-refractivity contribution in [3.05, 3.63) is 35.0 Å². The molecular formula is C16H19N7. The number of imidazole rings is 1. The van der Waals surface area contributed by atoms with Gasteiger partial charge in [0.15, 0.2) is 5.65 Å². The average Bonchev–Trinajstić information content (AvgIpc) is 3.18. The van der Waals surface area contributed by atoms with Crippen molar-refractivity contribution in [2.45, 2.75) is 32.6 Å². The Bertz CT molecular complexity index is 855. The van der Waals surface area contributed by atoms with E-state index in [0.717, 1.165) is 42.6 Å². The number of H-pyrrole nitrogens is 1. The molecule has 0 saturated heterocycles. The van der Waals surface area contributed by atoms with Gasteiger partial charge in [0.2, 0.25) is 5.95 Å². The van der Waals surface area contributed by atoms with E-state index >= 15 is 0 Å². The third kappa shape index (κ3) is 2.48. The highest BCUT2D eigenvalue weighted by Gasteiger charge is 2.20. The van der Waals surface area contributed by atoms with Crippen LogP contribution in [0.4, 0.5) is 11.8 Å². The van der Waals surface area contributed by atoms with E-state index in [1.807, 2.05) is 6.20 Å². The average molecular weight is 309 g/mol. The Balaban J connectivity index is 1.63. The fraction of sp³-hybridized carbons (Fsp3) is 0.375. The molecule has 0 fully saturated rings. The first kappa shape index (κ1) is 13.9. The van der Waals surface area contributed by atoms with Crippen LogP contribution in [-0.2, 0) is 19.3 Å². The summed E-state index contributed by atoms with van der Waals surface area (Å²) in [7, 11) is 0. The van der Waals surface area contributed by atoms with Crippen LogP contribution in [0.1, 0.15) is 29.1 Å². The number of nitrogens with zero attached hydrogens (tertiary/aromatic N) is 4. The van der Waals surface area contributed by atoms with E-state index in [0.29, 0.717) is 24.0 Å². The number of aromatic amines is 1. The van der Waals surface area contributed by atoms with Crippen molar-refractivity contribution in [3.63, 3.8) is 0 Å². The van der Waals surface area contributed by atoms with Crippen LogP contribution in [0.2, 0.25) is 0 Å². The van der Waals surface area contributed by atoms with Crippen LogP contribution in [0, 0.1) is 6.92 Å². The van der Waals surface area contributed by atoms with Crippen molar-refractivity contribution in [3.8, 4) is 0 Å². The summed E-state index contributed by atoms with van der Waals surface area (Å²) in [5, 5.41) is 4.09. The van der Waals surface area contributed by atoms with Gasteiger partial charge in [0.25, 0.3) is 0 Å². The fourth-order valence-corrected chi connectivity index (χ4v) is 3.25. The zero-order valence-electron chi connectivity index (χ0n) is 13.1. The van der Waals surface area contributed by atoms with Crippen LogP contribution in [-0.4, -0.2) is 31.5 Å². The van der Waals surface area contributed by atoms with E-state index in [-0.39, 0.29) is 0 Å². The second-order valence-electron chi connectivity index (χ2n) is 5.86. The van der Waals surface area contributed by atoms with Crippen molar-refractivity contribution < 1.29 is 0 Å². The summed E-state index contributed by atoms with van der Waals surface area (Å²) in [6.07, 6.45) is 7.58. The minimum Gasteiger partial charge on any atom is -0.383 e. The lowest BCUT2D eigenvalue weighted by atomic mass is 10.1. The number of hydrogen-bond acceptors (Lipinski definition) is 6. The van der Waals surface area contributed by atoms with Crippen LogP contribution in [0.5, 0.6) is 0 Å². The Kier molecular flexibility index (Phi) is 3.33. The number of nitrogens with one attached hydrogen (secondary N) is 2. The molecule has 118 valence electrons. The molecule has 7 heteroatoms. The summed E-state index contributed by atoms with van der Waals surface area (Å²) >= 11 is 0. The van der Waals surface area contributed by atoms with Crippen molar-refractivity contribution in [1.82, 2.24) is 24.9 Å². The van der Waals surface area contributed by atoms with Crippen molar-refractivity contribution in [1.29, 1.82) is 0 Å². The highest BCUT2D eigenvalue weighted by molar-refractivity contribution is 5.90. The zero-order chi connectivity index (χ0) is 15.8. The van der Waals surface area contributed by atoms with E-state index in [1.165, 1.54) is 11.1 Å². The smallest absolute Gasteiger partial charge is 0.226 e. The molecule has 0 atom stereocenters. The fourth-order valence-electron chi connectivity index (χ4n) is 3.25. The summed E-state index contributed by atoms with van der Waals surface area (Å²) < 4.78 is 0. The number of pyridine rings is 1. The lowest BCUT2D eigenvalue weighted by Gasteiger charge is -2.11. The molecule has 4 rings (SSSR count). The Morgan fingerprint density at radius 3 is 3.00 bits per heavy atom. The van der Waals surface area contributed by atoms with Gasteiger partial charge in [-0.25, -0.2) is 9.97 Å². The van der Waals surface area contributed by atoms with Gasteiger partial charge in [-0.3, -0.25) is 0 Å². The van der Waals surface area contributed by atoms with Crippen LogP contribution in [0.3, 0.4) is 0 Å². The Morgan fingerprint density at radius 2 is 2.17 bits per heavy atom. The Labute approximate surface area is 133 Å². The van der Waals surface area contributed by atoms with E-state index in [2.05, 4.69) is 32.2 Å². The maximum Gasteiger partial charge on any atom is 0.226 e. The maximum absolute atomic E-state index is 6.17. The van der Waals surface area contributed by atoms with E-state index in [1.54, 1.807) is 6.20 Å². The highest BCUT2D eigenvalue weighted by atomic mass is 15.1. The molecule has 4 N–H and O–H groups in total. The van der Waals surface area contributed by atoms with Gasteiger partial charge < -0.3 is 16.0 Å². The number of rotatable bonds is 4. The normalized spacial score (nSPS) is 13.4. The standard InChI is InChI=1S/C16H19N7/c1-9-10-3-2-4-11(10)21-15-13(9)14(17)22-16(23-15)20-6-5-12-18-7-8-19-12/h7-8H,2-6H2,1H3,(H,18,19)(H3,17,20,21,22,23). The van der Waals surface area contributed by atoms with Crippen LogP contribution < -0.4 is 11.1 Å². The van der Waals surface area contributed by atoms with Crippen molar-refractivity contribution >= 4 is 22.8 Å². The molecule has 0 aliphatic heterocycles. The first-order valence-electron chi connectivity index (χ1n) is 7.90. The lowest BCUT2D eigenvalue weighted by Crippen LogP contribution is -2.11. The van der Waals surface area contributed by atoms with Gasteiger partial charge >= 0.3 is 0 Å². The molecule has 1 aliphatic rings. The summed E-state index contributed by atoms with van der Waals surface area (Å²) in [5.74, 6) is 1.94. The summed E-state index contributed by atoms with van der Waals surface area (Å²) in [5.41, 5.74) is 10.5. The minimum absolute atomic E-state index is 0.496. The third-order valence-corrected chi connectivity index (χ3v) is 4.37. The number of nitrogens with two attached hydrogens (primary N) is 1. The first-order chi connectivity index (χ1) is 11.2. The number of hydrogen-bond donors (Lipinski definition) is 3. The quantitative estimate of drug-likeness (QED) is 0.678. The van der Waals surface area contributed by atoms with E-state index in [4.69, 9.17) is 10.7 Å². The predicted molar refractivity (Wildman–Crippen MR) is 89.3 cm³/mol. The van der Waals surface area contributed by atoms with Gasteiger partial charge in [-0.2, -0.15) is 9.97 Å². The lowest BCUT2D eigenvalue weighted by molar-refractivity contribution is 0.898. The van der Waals surface area contributed by atoms with Gasteiger partial charge in [-0.1, -0.05) is 0 Å². The molecule has 3 aromatic heterocycles. The van der Waals surface area contributed by atoms with Crippen LogP contribution in [0.25, 0.3) is 11.0 Å².